The molecule has 3 N–H and O–H groups in total. The van der Waals surface area contributed by atoms with Crippen molar-refractivity contribution < 1.29 is 14.7 Å². The van der Waals surface area contributed by atoms with E-state index < -0.39 is 17.9 Å². The van der Waals surface area contributed by atoms with Crippen LogP contribution in [0.1, 0.15) is 23.9 Å². The standard InChI is InChI=1S/C11H17N3O3S/c1-4-8(9(15)16)5-12-10(17)14-11-13-6(2)7(3)18-11/h8H,4-5H2,1-3H3,(H,15,16)(H2,12,13,14,17). The molecule has 2 amide bonds. The van der Waals surface area contributed by atoms with Crippen molar-refractivity contribution >= 4 is 28.5 Å². The predicted molar refractivity (Wildman–Crippen MR) is 70.0 cm³/mol. The monoisotopic (exact) mass is 271 g/mol. The topological polar surface area (TPSA) is 91.3 Å². The van der Waals surface area contributed by atoms with E-state index in [0.717, 1.165) is 10.6 Å². The molecule has 6 nitrogen and oxygen atoms in total. The van der Waals surface area contributed by atoms with E-state index in [9.17, 15) is 9.59 Å². The number of aryl methyl sites for hydroxylation is 2. The number of urea groups is 1. The Hall–Kier alpha value is -1.63. The summed E-state index contributed by atoms with van der Waals surface area (Å²) in [5, 5.41) is 14.5. The van der Waals surface area contributed by atoms with Crippen LogP contribution in [0.2, 0.25) is 0 Å². The van der Waals surface area contributed by atoms with Crippen molar-refractivity contribution in [2.24, 2.45) is 5.92 Å². The summed E-state index contributed by atoms with van der Waals surface area (Å²) in [6.45, 7) is 5.67. The highest BCUT2D eigenvalue weighted by molar-refractivity contribution is 7.15. The largest absolute Gasteiger partial charge is 0.481 e. The second-order valence-electron chi connectivity index (χ2n) is 3.94. The molecular weight excluding hydrogens is 254 g/mol. The summed E-state index contributed by atoms with van der Waals surface area (Å²) < 4.78 is 0. The van der Waals surface area contributed by atoms with Gasteiger partial charge in [0.15, 0.2) is 5.13 Å². The second kappa shape index (κ2) is 6.34. The Kier molecular flexibility index (Phi) is 5.08. The molecule has 0 spiro atoms. The molecule has 1 atom stereocenters. The van der Waals surface area contributed by atoms with Gasteiger partial charge in [0, 0.05) is 11.4 Å². The van der Waals surface area contributed by atoms with Crippen LogP contribution in [0.5, 0.6) is 0 Å². The Morgan fingerprint density at radius 3 is 2.56 bits per heavy atom. The van der Waals surface area contributed by atoms with Crippen LogP contribution in [-0.2, 0) is 4.79 Å². The molecule has 0 aliphatic rings. The molecule has 1 rings (SSSR count). The number of nitrogens with zero attached hydrogens (tertiary/aromatic N) is 1. The normalized spacial score (nSPS) is 11.9. The molecule has 0 aromatic carbocycles. The van der Waals surface area contributed by atoms with E-state index in [0.29, 0.717) is 11.6 Å². The van der Waals surface area contributed by atoms with Crippen LogP contribution in [0, 0.1) is 19.8 Å². The zero-order valence-corrected chi connectivity index (χ0v) is 11.4. The molecule has 0 fully saturated rings. The zero-order valence-electron chi connectivity index (χ0n) is 10.6. The number of hydrogen-bond acceptors (Lipinski definition) is 4. The van der Waals surface area contributed by atoms with Crippen LogP contribution in [0.15, 0.2) is 0 Å². The van der Waals surface area contributed by atoms with Crippen LogP contribution < -0.4 is 10.6 Å². The Bertz CT molecular complexity index is 425. The van der Waals surface area contributed by atoms with E-state index in [1.165, 1.54) is 11.3 Å². The smallest absolute Gasteiger partial charge is 0.321 e. The van der Waals surface area contributed by atoms with E-state index in [2.05, 4.69) is 15.6 Å². The molecule has 0 aliphatic heterocycles. The Balaban J connectivity index is 2.44. The molecule has 100 valence electrons. The highest BCUT2D eigenvalue weighted by atomic mass is 32.1. The van der Waals surface area contributed by atoms with E-state index in [-0.39, 0.29) is 6.54 Å². The molecule has 0 radical (unpaired) electrons. The molecule has 1 unspecified atom stereocenters. The summed E-state index contributed by atoms with van der Waals surface area (Å²) in [6.07, 6.45) is 0.477. The SMILES string of the molecule is CCC(CNC(=O)Nc1nc(C)c(C)s1)C(=O)O. The van der Waals surface area contributed by atoms with Gasteiger partial charge < -0.3 is 10.4 Å². The lowest BCUT2D eigenvalue weighted by Crippen LogP contribution is -2.35. The van der Waals surface area contributed by atoms with Gasteiger partial charge in [-0.25, -0.2) is 9.78 Å². The fourth-order valence-corrected chi connectivity index (χ4v) is 2.10. The van der Waals surface area contributed by atoms with Crippen LogP contribution in [0.4, 0.5) is 9.93 Å². The summed E-state index contributed by atoms with van der Waals surface area (Å²) in [6, 6.07) is -0.427. The average Bonchev–Trinajstić information content (AvgIpc) is 2.58. The van der Waals surface area contributed by atoms with Gasteiger partial charge in [-0.1, -0.05) is 6.92 Å². The molecule has 18 heavy (non-hydrogen) atoms. The van der Waals surface area contributed by atoms with Crippen molar-refractivity contribution in [2.45, 2.75) is 27.2 Å². The third kappa shape index (κ3) is 3.99. The number of carboxylic acid groups (broad SMARTS) is 1. The minimum absolute atomic E-state index is 0.112. The second-order valence-corrected chi connectivity index (χ2v) is 5.14. The Morgan fingerprint density at radius 1 is 1.44 bits per heavy atom. The number of anilines is 1. The first-order valence-electron chi connectivity index (χ1n) is 5.65. The highest BCUT2D eigenvalue weighted by Crippen LogP contribution is 2.20. The number of carbonyl (C=O) groups excluding carboxylic acids is 1. The lowest BCUT2D eigenvalue weighted by atomic mass is 10.1. The number of rotatable bonds is 5. The first-order valence-corrected chi connectivity index (χ1v) is 6.47. The van der Waals surface area contributed by atoms with Gasteiger partial charge in [-0.2, -0.15) is 0 Å². The summed E-state index contributed by atoms with van der Waals surface area (Å²) in [7, 11) is 0. The van der Waals surface area contributed by atoms with Gasteiger partial charge in [-0.15, -0.1) is 11.3 Å². The van der Waals surface area contributed by atoms with E-state index in [1.807, 2.05) is 13.8 Å². The average molecular weight is 271 g/mol. The van der Waals surface area contributed by atoms with Gasteiger partial charge in [0.05, 0.1) is 11.6 Å². The number of carbonyl (C=O) groups is 2. The Labute approximate surface area is 109 Å². The van der Waals surface area contributed by atoms with Crippen molar-refractivity contribution in [3.8, 4) is 0 Å². The summed E-state index contributed by atoms with van der Waals surface area (Å²) in [5.74, 6) is -1.46. The van der Waals surface area contributed by atoms with E-state index in [1.54, 1.807) is 6.92 Å². The van der Waals surface area contributed by atoms with E-state index >= 15 is 0 Å². The van der Waals surface area contributed by atoms with Crippen LogP contribution >= 0.6 is 11.3 Å². The molecule has 0 bridgehead atoms. The highest BCUT2D eigenvalue weighted by Gasteiger charge is 2.16. The molecule has 1 aromatic heterocycles. The van der Waals surface area contributed by atoms with Gasteiger partial charge in [0.2, 0.25) is 0 Å². The Morgan fingerprint density at radius 2 is 2.11 bits per heavy atom. The molecule has 0 saturated carbocycles. The number of carboxylic acids is 1. The van der Waals surface area contributed by atoms with Crippen molar-refractivity contribution in [1.82, 2.24) is 10.3 Å². The maximum atomic E-state index is 11.5. The maximum absolute atomic E-state index is 11.5. The molecular formula is C11H17N3O3S. The van der Waals surface area contributed by atoms with Crippen LogP contribution in [0.25, 0.3) is 0 Å². The van der Waals surface area contributed by atoms with Gasteiger partial charge >= 0.3 is 12.0 Å². The number of amides is 2. The first-order chi connectivity index (χ1) is 8.43. The predicted octanol–water partition coefficient (Wildman–Crippen LogP) is 1.99. The van der Waals surface area contributed by atoms with Gasteiger partial charge in [0.25, 0.3) is 0 Å². The van der Waals surface area contributed by atoms with Crippen LogP contribution in [0.3, 0.4) is 0 Å². The van der Waals surface area contributed by atoms with Gasteiger partial charge in [-0.05, 0) is 20.3 Å². The van der Waals surface area contributed by atoms with Crippen molar-refractivity contribution in [3.63, 3.8) is 0 Å². The maximum Gasteiger partial charge on any atom is 0.321 e. The third-order valence-electron chi connectivity index (χ3n) is 2.60. The quantitative estimate of drug-likeness (QED) is 0.763. The number of aromatic nitrogens is 1. The number of thiazole rings is 1. The molecule has 7 heteroatoms. The number of nitrogens with one attached hydrogen (secondary N) is 2. The lowest BCUT2D eigenvalue weighted by molar-refractivity contribution is -0.141. The van der Waals surface area contributed by atoms with E-state index in [4.69, 9.17) is 5.11 Å². The fraction of sp³-hybridized carbons (Fsp3) is 0.545. The molecule has 0 aliphatic carbocycles. The number of aliphatic carboxylic acids is 1. The van der Waals surface area contributed by atoms with Crippen LogP contribution in [-0.4, -0.2) is 28.6 Å². The van der Waals surface area contributed by atoms with Crippen molar-refractivity contribution in [1.29, 1.82) is 0 Å². The zero-order chi connectivity index (χ0) is 13.7. The first kappa shape index (κ1) is 14.4. The summed E-state index contributed by atoms with van der Waals surface area (Å²) in [4.78, 5) is 27.5. The van der Waals surface area contributed by atoms with Gasteiger partial charge in [-0.3, -0.25) is 10.1 Å². The fourth-order valence-electron chi connectivity index (χ4n) is 1.29. The minimum atomic E-state index is -0.904. The minimum Gasteiger partial charge on any atom is -0.481 e. The van der Waals surface area contributed by atoms with Crippen molar-refractivity contribution in [3.05, 3.63) is 10.6 Å². The summed E-state index contributed by atoms with van der Waals surface area (Å²) in [5.41, 5.74) is 0.882. The molecule has 1 aromatic rings. The molecule has 0 saturated heterocycles. The third-order valence-corrected chi connectivity index (χ3v) is 3.59. The molecule has 1 heterocycles. The van der Waals surface area contributed by atoms with Gasteiger partial charge in [0.1, 0.15) is 0 Å². The van der Waals surface area contributed by atoms with Crippen molar-refractivity contribution in [2.75, 3.05) is 11.9 Å². The number of hydrogen-bond donors (Lipinski definition) is 3. The summed E-state index contributed by atoms with van der Waals surface area (Å²) >= 11 is 1.39. The lowest BCUT2D eigenvalue weighted by Gasteiger charge is -2.10.